The summed E-state index contributed by atoms with van der Waals surface area (Å²) in [5.41, 5.74) is 0.462. The molecule has 1 aliphatic rings. The van der Waals surface area contributed by atoms with Crippen LogP contribution in [0.25, 0.3) is 0 Å². The van der Waals surface area contributed by atoms with Crippen molar-refractivity contribution in [2.24, 2.45) is 0 Å². The molecule has 1 amide bonds. The van der Waals surface area contributed by atoms with Gasteiger partial charge in [-0.05, 0) is 29.8 Å². The molecule has 0 spiro atoms. The number of nitrogens with zero attached hydrogens (tertiary/aromatic N) is 2. The highest BCUT2D eigenvalue weighted by Gasteiger charge is 2.21. The number of aromatic nitrogens is 2. The van der Waals surface area contributed by atoms with E-state index in [4.69, 9.17) is 4.74 Å². The fourth-order valence-corrected chi connectivity index (χ4v) is 2.68. The number of nitrogens with one attached hydrogen (secondary N) is 2. The van der Waals surface area contributed by atoms with Crippen LogP contribution in [-0.4, -0.2) is 59.4 Å². The number of amides is 1. The number of hydrogen-bond acceptors (Lipinski definition) is 4. The third-order valence-corrected chi connectivity index (χ3v) is 3.63. The maximum atomic E-state index is 11.8. The van der Waals surface area contributed by atoms with E-state index in [1.807, 2.05) is 0 Å². The molecule has 1 saturated heterocycles. The molecule has 7 heteroatoms. The fraction of sp³-hybridized carbons (Fsp3) is 0.667. The van der Waals surface area contributed by atoms with Crippen LogP contribution < -0.4 is 5.32 Å². The molecule has 6 nitrogen and oxygen atoms in total. The van der Waals surface area contributed by atoms with Gasteiger partial charge in [0.05, 0.1) is 22.9 Å². The Bertz CT molecular complexity index is 427. The summed E-state index contributed by atoms with van der Waals surface area (Å²) in [7, 11) is 0. The highest BCUT2D eigenvalue weighted by molar-refractivity contribution is 9.10. The van der Waals surface area contributed by atoms with E-state index in [1.165, 1.54) is 0 Å². The minimum atomic E-state index is -0.140. The van der Waals surface area contributed by atoms with E-state index in [2.05, 4.69) is 50.2 Å². The van der Waals surface area contributed by atoms with Crippen LogP contribution in [0.1, 0.15) is 24.3 Å². The lowest BCUT2D eigenvalue weighted by Gasteiger charge is -2.35. The van der Waals surface area contributed by atoms with Crippen LogP contribution in [0.15, 0.2) is 10.7 Å². The Labute approximate surface area is 121 Å². The first kappa shape index (κ1) is 14.5. The number of halogens is 1. The van der Waals surface area contributed by atoms with Gasteiger partial charge in [-0.2, -0.15) is 5.10 Å². The molecule has 0 unspecified atom stereocenters. The predicted molar refractivity (Wildman–Crippen MR) is 75.1 cm³/mol. The molecular formula is C12H19BrN4O2. The molecule has 1 aliphatic heterocycles. The third-order valence-electron chi connectivity index (χ3n) is 3.03. The SMILES string of the molecule is C[C@H]1CN(CCNC(=O)c2[nH]ncc2Br)C[C@H](C)O1. The molecule has 106 valence electrons. The van der Waals surface area contributed by atoms with E-state index in [0.29, 0.717) is 16.7 Å². The summed E-state index contributed by atoms with van der Waals surface area (Å²) in [5.74, 6) is -0.140. The summed E-state index contributed by atoms with van der Waals surface area (Å²) >= 11 is 3.27. The van der Waals surface area contributed by atoms with Crippen LogP contribution >= 0.6 is 15.9 Å². The first-order chi connectivity index (χ1) is 9.06. The van der Waals surface area contributed by atoms with Crippen molar-refractivity contribution in [3.63, 3.8) is 0 Å². The molecule has 2 atom stereocenters. The van der Waals surface area contributed by atoms with Crippen molar-refractivity contribution < 1.29 is 9.53 Å². The van der Waals surface area contributed by atoms with Crippen molar-refractivity contribution in [3.05, 3.63) is 16.4 Å². The number of H-pyrrole nitrogens is 1. The van der Waals surface area contributed by atoms with Gasteiger partial charge in [-0.1, -0.05) is 0 Å². The fourth-order valence-electron chi connectivity index (χ4n) is 2.31. The lowest BCUT2D eigenvalue weighted by molar-refractivity contribution is -0.0672. The Kier molecular flexibility index (Phi) is 4.95. The van der Waals surface area contributed by atoms with E-state index >= 15 is 0 Å². The summed E-state index contributed by atoms with van der Waals surface area (Å²) in [4.78, 5) is 14.1. The molecule has 19 heavy (non-hydrogen) atoms. The van der Waals surface area contributed by atoms with Crippen molar-refractivity contribution in [1.29, 1.82) is 0 Å². The van der Waals surface area contributed by atoms with E-state index in [-0.39, 0.29) is 18.1 Å². The zero-order chi connectivity index (χ0) is 13.8. The van der Waals surface area contributed by atoms with E-state index in [0.717, 1.165) is 19.6 Å². The molecule has 2 rings (SSSR count). The zero-order valence-corrected chi connectivity index (χ0v) is 12.7. The van der Waals surface area contributed by atoms with Gasteiger partial charge in [-0.15, -0.1) is 0 Å². The summed E-state index contributed by atoms with van der Waals surface area (Å²) in [6.07, 6.45) is 2.07. The molecule has 0 aliphatic carbocycles. The highest BCUT2D eigenvalue weighted by atomic mass is 79.9. The maximum absolute atomic E-state index is 11.8. The van der Waals surface area contributed by atoms with Crippen LogP contribution in [0.5, 0.6) is 0 Å². The summed E-state index contributed by atoms with van der Waals surface area (Å²) in [6.45, 7) is 7.41. The number of carbonyl (C=O) groups excluding carboxylic acids is 1. The topological polar surface area (TPSA) is 70.2 Å². The van der Waals surface area contributed by atoms with Crippen LogP contribution in [0.2, 0.25) is 0 Å². The molecule has 1 aromatic rings. The first-order valence-electron chi connectivity index (χ1n) is 6.41. The molecule has 1 aromatic heterocycles. The third kappa shape index (κ3) is 4.02. The lowest BCUT2D eigenvalue weighted by Crippen LogP contribution is -2.47. The van der Waals surface area contributed by atoms with Gasteiger partial charge in [0.15, 0.2) is 0 Å². The highest BCUT2D eigenvalue weighted by Crippen LogP contribution is 2.12. The number of aromatic amines is 1. The minimum absolute atomic E-state index is 0.140. The Morgan fingerprint density at radius 2 is 2.26 bits per heavy atom. The average Bonchev–Trinajstić information content (AvgIpc) is 2.74. The lowest BCUT2D eigenvalue weighted by atomic mass is 10.2. The second-order valence-corrected chi connectivity index (χ2v) is 5.72. The number of carbonyl (C=O) groups is 1. The minimum Gasteiger partial charge on any atom is -0.373 e. The van der Waals surface area contributed by atoms with Crippen LogP contribution in [0.4, 0.5) is 0 Å². The number of morpholine rings is 1. The molecular weight excluding hydrogens is 312 g/mol. The number of hydrogen-bond donors (Lipinski definition) is 2. The quantitative estimate of drug-likeness (QED) is 0.864. The van der Waals surface area contributed by atoms with E-state index < -0.39 is 0 Å². The Morgan fingerprint density at radius 1 is 1.58 bits per heavy atom. The van der Waals surface area contributed by atoms with Gasteiger partial charge < -0.3 is 10.1 Å². The largest absolute Gasteiger partial charge is 0.373 e. The second kappa shape index (κ2) is 6.49. The summed E-state index contributed by atoms with van der Waals surface area (Å²) in [5, 5.41) is 9.35. The van der Waals surface area contributed by atoms with Crippen LogP contribution in [0, 0.1) is 0 Å². The van der Waals surface area contributed by atoms with Gasteiger partial charge in [-0.3, -0.25) is 14.8 Å². The van der Waals surface area contributed by atoms with Crippen molar-refractivity contribution >= 4 is 21.8 Å². The van der Waals surface area contributed by atoms with Crippen molar-refractivity contribution in [1.82, 2.24) is 20.4 Å². The molecule has 1 fully saturated rings. The molecule has 2 heterocycles. The van der Waals surface area contributed by atoms with E-state index in [9.17, 15) is 4.79 Å². The first-order valence-corrected chi connectivity index (χ1v) is 7.20. The Balaban J connectivity index is 1.75. The molecule has 0 saturated carbocycles. The molecule has 2 N–H and O–H groups in total. The molecule has 0 aromatic carbocycles. The van der Waals surface area contributed by atoms with Crippen LogP contribution in [-0.2, 0) is 4.74 Å². The van der Waals surface area contributed by atoms with Gasteiger partial charge in [-0.25, -0.2) is 0 Å². The van der Waals surface area contributed by atoms with Crippen LogP contribution in [0.3, 0.4) is 0 Å². The smallest absolute Gasteiger partial charge is 0.270 e. The van der Waals surface area contributed by atoms with Gasteiger partial charge >= 0.3 is 0 Å². The maximum Gasteiger partial charge on any atom is 0.270 e. The Morgan fingerprint density at radius 3 is 2.84 bits per heavy atom. The molecule has 0 bridgehead atoms. The second-order valence-electron chi connectivity index (χ2n) is 4.87. The summed E-state index contributed by atoms with van der Waals surface area (Å²) in [6, 6.07) is 0. The van der Waals surface area contributed by atoms with Gasteiger partial charge in [0.25, 0.3) is 5.91 Å². The molecule has 0 radical (unpaired) electrons. The normalized spacial score (nSPS) is 24.4. The van der Waals surface area contributed by atoms with Gasteiger partial charge in [0.1, 0.15) is 5.69 Å². The van der Waals surface area contributed by atoms with Gasteiger partial charge in [0, 0.05) is 26.2 Å². The van der Waals surface area contributed by atoms with Crippen molar-refractivity contribution in [3.8, 4) is 0 Å². The average molecular weight is 331 g/mol. The zero-order valence-electron chi connectivity index (χ0n) is 11.1. The monoisotopic (exact) mass is 330 g/mol. The summed E-state index contributed by atoms with van der Waals surface area (Å²) < 4.78 is 6.35. The number of ether oxygens (including phenoxy) is 1. The predicted octanol–water partition coefficient (Wildman–Crippen LogP) is 1.01. The van der Waals surface area contributed by atoms with Crippen molar-refractivity contribution in [2.75, 3.05) is 26.2 Å². The standard InChI is InChI=1S/C12H19BrN4O2/c1-8-6-17(7-9(2)19-8)4-3-14-12(18)11-10(13)5-15-16-11/h5,8-9H,3-4,6-7H2,1-2H3,(H,14,18)(H,15,16)/t8-,9-/m0/s1. The Hall–Kier alpha value is -0.920. The van der Waals surface area contributed by atoms with Gasteiger partial charge in [0.2, 0.25) is 0 Å². The number of rotatable bonds is 4. The van der Waals surface area contributed by atoms with Crippen molar-refractivity contribution in [2.45, 2.75) is 26.1 Å². The van der Waals surface area contributed by atoms with E-state index in [1.54, 1.807) is 6.20 Å².